The van der Waals surface area contributed by atoms with Crippen molar-refractivity contribution >= 4 is 17.7 Å². The van der Waals surface area contributed by atoms with Gasteiger partial charge >= 0.3 is 12.3 Å². The number of anilines is 1. The van der Waals surface area contributed by atoms with E-state index in [2.05, 4.69) is 4.90 Å². The number of piperidine rings is 2. The second-order valence-electron chi connectivity index (χ2n) is 12.4. The van der Waals surface area contributed by atoms with Gasteiger partial charge in [-0.1, -0.05) is 24.3 Å². The predicted octanol–water partition coefficient (Wildman–Crippen LogP) is 4.93. The van der Waals surface area contributed by atoms with E-state index in [4.69, 9.17) is 14.2 Å². The topological polar surface area (TPSA) is 91.8 Å². The average Bonchev–Trinajstić information content (AvgIpc) is 2.97. The highest BCUT2D eigenvalue weighted by Gasteiger charge is 2.35. The molecular formula is C32H40F3N3O6. The lowest BCUT2D eigenvalue weighted by Crippen LogP contribution is -2.50. The van der Waals surface area contributed by atoms with Crippen molar-refractivity contribution < 1.29 is 42.1 Å². The highest BCUT2D eigenvalue weighted by molar-refractivity contribution is 5.91. The largest absolute Gasteiger partial charge is 0.490 e. The molecule has 2 aromatic rings. The normalized spacial score (nSPS) is 19.0. The van der Waals surface area contributed by atoms with Crippen LogP contribution in [-0.4, -0.2) is 90.2 Å². The quantitative estimate of drug-likeness (QED) is 0.426. The van der Waals surface area contributed by atoms with Crippen LogP contribution >= 0.6 is 0 Å². The Bertz CT molecular complexity index is 1320. The van der Waals surface area contributed by atoms with Gasteiger partial charge < -0.3 is 29.1 Å². The highest BCUT2D eigenvalue weighted by Crippen LogP contribution is 2.33. The number of amides is 2. The molecule has 2 saturated heterocycles. The van der Waals surface area contributed by atoms with Crippen molar-refractivity contribution in [2.45, 2.75) is 76.5 Å². The van der Waals surface area contributed by atoms with Gasteiger partial charge in [0.05, 0.1) is 17.7 Å². The van der Waals surface area contributed by atoms with Crippen molar-refractivity contribution in [3.8, 4) is 11.5 Å². The van der Waals surface area contributed by atoms with E-state index in [1.54, 1.807) is 35.8 Å². The number of hydrogen-bond acceptors (Lipinski definition) is 7. The number of cyclic esters (lactones) is 1. The lowest BCUT2D eigenvalue weighted by molar-refractivity contribution is -0.153. The standard InChI is InChI=1S/C32H40F3N3O6/c1-31(2,41)20-36-13-11-25(12-14-36)44-26-8-7-22(28(18-26)43-21-32(33,34)35)17-29(39)37-15-9-24(10-16-37)38-27-6-4-3-5-23(27)19-42-30(38)40/h3-8,18,24-25,41H,9-17,19-21H2,1-2H3. The molecule has 12 heteroatoms. The zero-order valence-electron chi connectivity index (χ0n) is 25.1. The van der Waals surface area contributed by atoms with Gasteiger partial charge in [0.2, 0.25) is 5.91 Å². The van der Waals surface area contributed by atoms with Crippen molar-refractivity contribution in [2.75, 3.05) is 44.2 Å². The summed E-state index contributed by atoms with van der Waals surface area (Å²) in [5.41, 5.74) is 1.31. The number of fused-ring (bicyclic) bond motifs is 1. The Morgan fingerprint density at radius 3 is 2.41 bits per heavy atom. The van der Waals surface area contributed by atoms with Gasteiger partial charge in [0.1, 0.15) is 24.2 Å². The summed E-state index contributed by atoms with van der Waals surface area (Å²) in [6, 6.07) is 12.1. The number of carbonyl (C=O) groups is 2. The minimum atomic E-state index is -4.54. The van der Waals surface area contributed by atoms with Crippen LogP contribution in [0.3, 0.4) is 0 Å². The van der Waals surface area contributed by atoms with Crippen molar-refractivity contribution in [1.29, 1.82) is 0 Å². The van der Waals surface area contributed by atoms with Crippen LogP contribution in [0.4, 0.5) is 23.7 Å². The summed E-state index contributed by atoms with van der Waals surface area (Å²) in [6.45, 7) is 5.11. The fourth-order valence-electron chi connectivity index (χ4n) is 6.14. The fourth-order valence-corrected chi connectivity index (χ4v) is 6.14. The molecule has 0 spiro atoms. The first kappa shape index (κ1) is 31.9. The zero-order valence-corrected chi connectivity index (χ0v) is 25.1. The lowest BCUT2D eigenvalue weighted by atomic mass is 10.00. The van der Waals surface area contributed by atoms with Crippen molar-refractivity contribution in [1.82, 2.24) is 9.80 Å². The summed E-state index contributed by atoms with van der Waals surface area (Å²) in [5, 5.41) is 10.1. The molecule has 3 aliphatic rings. The van der Waals surface area contributed by atoms with Gasteiger partial charge in [-0.2, -0.15) is 13.2 Å². The number of rotatable bonds is 9. The maximum absolute atomic E-state index is 13.3. The Kier molecular flexibility index (Phi) is 9.59. The summed E-state index contributed by atoms with van der Waals surface area (Å²) in [5.74, 6) is 0.124. The lowest BCUT2D eigenvalue weighted by Gasteiger charge is -2.40. The average molecular weight is 620 g/mol. The molecular weight excluding hydrogens is 579 g/mol. The third kappa shape index (κ3) is 8.35. The summed E-state index contributed by atoms with van der Waals surface area (Å²) in [7, 11) is 0. The number of β-amino-alcohol motifs (C(OH)–C–C–N with tert-alkyl or cyclic N) is 1. The Morgan fingerprint density at radius 1 is 1.02 bits per heavy atom. The Hall–Kier alpha value is -3.51. The van der Waals surface area contributed by atoms with Crippen LogP contribution in [-0.2, 0) is 22.6 Å². The molecule has 0 unspecified atom stereocenters. The number of aliphatic hydroxyl groups is 1. The van der Waals surface area contributed by atoms with Crippen molar-refractivity contribution in [3.05, 3.63) is 53.6 Å². The second-order valence-corrected chi connectivity index (χ2v) is 12.4. The number of para-hydroxylation sites is 1. The Morgan fingerprint density at radius 2 is 1.73 bits per heavy atom. The number of benzene rings is 2. The minimum absolute atomic E-state index is 0.0322. The van der Waals surface area contributed by atoms with Gasteiger partial charge in [0.25, 0.3) is 0 Å². The SMILES string of the molecule is CC(C)(O)CN1CCC(Oc2ccc(CC(=O)N3CCC(N4C(=O)OCc5ccccc54)CC3)c(OCC(F)(F)F)c2)CC1. The van der Waals surface area contributed by atoms with Crippen molar-refractivity contribution in [2.24, 2.45) is 0 Å². The highest BCUT2D eigenvalue weighted by atomic mass is 19.4. The molecule has 240 valence electrons. The molecule has 0 aliphatic carbocycles. The van der Waals surface area contributed by atoms with E-state index in [1.807, 2.05) is 24.3 Å². The van der Waals surface area contributed by atoms with Gasteiger partial charge in [0.15, 0.2) is 6.61 Å². The maximum atomic E-state index is 13.3. The summed E-state index contributed by atoms with van der Waals surface area (Å²) in [6.07, 6.45) is -2.66. The van der Waals surface area contributed by atoms with Gasteiger partial charge in [0, 0.05) is 56.0 Å². The molecule has 0 saturated carbocycles. The molecule has 3 heterocycles. The number of halogens is 3. The third-order valence-corrected chi connectivity index (χ3v) is 8.20. The molecule has 2 amide bonds. The van der Waals surface area contributed by atoms with Gasteiger partial charge in [-0.3, -0.25) is 9.69 Å². The Balaban J connectivity index is 1.20. The Labute approximate surface area is 255 Å². The van der Waals surface area contributed by atoms with Crippen LogP contribution in [0.2, 0.25) is 0 Å². The number of alkyl halides is 3. The van der Waals surface area contributed by atoms with E-state index in [0.717, 1.165) is 24.3 Å². The van der Waals surface area contributed by atoms with E-state index >= 15 is 0 Å². The number of likely N-dealkylation sites (tertiary alicyclic amines) is 2. The number of carbonyl (C=O) groups excluding carboxylic acids is 2. The monoisotopic (exact) mass is 619 g/mol. The van der Waals surface area contributed by atoms with E-state index in [-0.39, 0.29) is 36.8 Å². The summed E-state index contributed by atoms with van der Waals surface area (Å²) in [4.78, 5) is 31.4. The van der Waals surface area contributed by atoms with Gasteiger partial charge in [-0.15, -0.1) is 0 Å². The molecule has 44 heavy (non-hydrogen) atoms. The van der Waals surface area contributed by atoms with E-state index < -0.39 is 24.5 Å². The number of ether oxygens (including phenoxy) is 3. The zero-order chi connectivity index (χ0) is 31.5. The summed E-state index contributed by atoms with van der Waals surface area (Å²) < 4.78 is 55.8. The van der Waals surface area contributed by atoms with E-state index in [1.165, 1.54) is 6.07 Å². The van der Waals surface area contributed by atoms with Gasteiger partial charge in [-0.25, -0.2) is 4.79 Å². The van der Waals surface area contributed by atoms with Gasteiger partial charge in [-0.05, 0) is 51.7 Å². The molecule has 0 atom stereocenters. The first-order valence-corrected chi connectivity index (χ1v) is 15.1. The number of hydrogen-bond donors (Lipinski definition) is 1. The molecule has 3 aliphatic heterocycles. The van der Waals surface area contributed by atoms with E-state index in [0.29, 0.717) is 56.6 Å². The first-order valence-electron chi connectivity index (χ1n) is 15.1. The van der Waals surface area contributed by atoms with Crippen molar-refractivity contribution in [3.63, 3.8) is 0 Å². The van der Waals surface area contributed by atoms with Crippen LogP contribution in [0, 0.1) is 0 Å². The molecule has 5 rings (SSSR count). The molecule has 1 N–H and O–H groups in total. The van der Waals surface area contributed by atoms with E-state index in [9.17, 15) is 27.9 Å². The predicted molar refractivity (Wildman–Crippen MR) is 157 cm³/mol. The molecule has 2 fully saturated rings. The first-order chi connectivity index (χ1) is 20.8. The molecule has 0 bridgehead atoms. The molecule has 2 aromatic carbocycles. The molecule has 0 aromatic heterocycles. The van der Waals surface area contributed by atoms with Crippen LogP contribution in [0.1, 0.15) is 50.7 Å². The second kappa shape index (κ2) is 13.2. The smallest absolute Gasteiger partial charge is 0.422 e. The van der Waals surface area contributed by atoms with Crippen LogP contribution < -0.4 is 14.4 Å². The number of nitrogens with zero attached hydrogens (tertiary/aromatic N) is 3. The van der Waals surface area contributed by atoms with Crippen LogP contribution in [0.25, 0.3) is 0 Å². The third-order valence-electron chi connectivity index (χ3n) is 8.20. The minimum Gasteiger partial charge on any atom is -0.490 e. The maximum Gasteiger partial charge on any atom is 0.422 e. The molecule has 0 radical (unpaired) electrons. The van der Waals surface area contributed by atoms with Crippen LogP contribution in [0.5, 0.6) is 11.5 Å². The molecule has 9 nitrogen and oxygen atoms in total. The van der Waals surface area contributed by atoms with Crippen LogP contribution in [0.15, 0.2) is 42.5 Å². The fraction of sp³-hybridized carbons (Fsp3) is 0.562. The summed E-state index contributed by atoms with van der Waals surface area (Å²) >= 11 is 0.